The van der Waals surface area contributed by atoms with Crippen LogP contribution in [-0.4, -0.2) is 73.9 Å². The molecule has 2 aliphatic rings. The number of hydrogen-bond donors (Lipinski definition) is 3. The standard InChI is InChI=1S/C20H25N5O4/c1-19(28)13-20(5-10-25(11-6-20)18(27)15-4-9-22-24-15)29-12-16(19)23-17(26)14-2-7-21-8-3-14/h2-4,7-9,16,28H,5-6,10-13H2,1H3,(H,22,24)(H,23,26)/t16-,19-/m0/s1. The van der Waals surface area contributed by atoms with Crippen molar-refractivity contribution in [3.63, 3.8) is 0 Å². The summed E-state index contributed by atoms with van der Waals surface area (Å²) in [4.78, 5) is 30.6. The van der Waals surface area contributed by atoms with Crippen LogP contribution in [0.4, 0.5) is 0 Å². The van der Waals surface area contributed by atoms with E-state index in [9.17, 15) is 14.7 Å². The minimum Gasteiger partial charge on any atom is -0.388 e. The van der Waals surface area contributed by atoms with Crippen LogP contribution in [0.25, 0.3) is 0 Å². The molecule has 9 nitrogen and oxygen atoms in total. The molecule has 2 amide bonds. The van der Waals surface area contributed by atoms with Crippen molar-refractivity contribution in [3.05, 3.63) is 48.0 Å². The van der Waals surface area contributed by atoms with Gasteiger partial charge in [-0.3, -0.25) is 19.7 Å². The van der Waals surface area contributed by atoms with Crippen molar-refractivity contribution in [1.29, 1.82) is 0 Å². The van der Waals surface area contributed by atoms with Crippen LogP contribution in [0, 0.1) is 0 Å². The van der Waals surface area contributed by atoms with Gasteiger partial charge in [-0.25, -0.2) is 0 Å². The average Bonchev–Trinajstić information content (AvgIpc) is 3.25. The fourth-order valence-electron chi connectivity index (χ4n) is 4.19. The summed E-state index contributed by atoms with van der Waals surface area (Å²) in [5.74, 6) is -0.348. The summed E-state index contributed by atoms with van der Waals surface area (Å²) in [7, 11) is 0. The Bertz CT molecular complexity index is 860. The van der Waals surface area contributed by atoms with E-state index >= 15 is 0 Å². The Kier molecular flexibility index (Phi) is 5.10. The van der Waals surface area contributed by atoms with Crippen molar-refractivity contribution in [2.24, 2.45) is 0 Å². The lowest BCUT2D eigenvalue weighted by molar-refractivity contribution is -0.183. The van der Waals surface area contributed by atoms with Gasteiger partial charge in [0, 0.05) is 43.7 Å². The first-order valence-electron chi connectivity index (χ1n) is 9.74. The monoisotopic (exact) mass is 399 g/mol. The normalized spacial score (nSPS) is 26.3. The molecule has 0 radical (unpaired) electrons. The number of aliphatic hydroxyl groups is 1. The summed E-state index contributed by atoms with van der Waals surface area (Å²) in [6.07, 6.45) is 6.32. The van der Waals surface area contributed by atoms with Crippen molar-refractivity contribution < 1.29 is 19.4 Å². The second kappa shape index (κ2) is 7.57. The predicted octanol–water partition coefficient (Wildman–Crippen LogP) is 0.749. The fraction of sp³-hybridized carbons (Fsp3) is 0.500. The first kappa shape index (κ1) is 19.5. The quantitative estimate of drug-likeness (QED) is 0.700. The molecule has 0 bridgehead atoms. The number of pyridine rings is 1. The Hall–Kier alpha value is -2.78. The summed E-state index contributed by atoms with van der Waals surface area (Å²) in [6, 6.07) is 4.40. The van der Waals surface area contributed by atoms with Crippen molar-refractivity contribution in [1.82, 2.24) is 25.4 Å². The molecule has 2 aromatic heterocycles. The Morgan fingerprint density at radius 3 is 2.59 bits per heavy atom. The number of H-pyrrole nitrogens is 1. The van der Waals surface area contributed by atoms with Crippen LogP contribution >= 0.6 is 0 Å². The molecule has 2 atom stereocenters. The van der Waals surface area contributed by atoms with E-state index in [1.807, 2.05) is 0 Å². The van der Waals surface area contributed by atoms with E-state index in [1.165, 1.54) is 0 Å². The molecule has 2 aromatic rings. The maximum atomic E-state index is 12.5. The topological polar surface area (TPSA) is 120 Å². The lowest BCUT2D eigenvalue weighted by Crippen LogP contribution is -2.64. The highest BCUT2D eigenvalue weighted by molar-refractivity contribution is 5.94. The van der Waals surface area contributed by atoms with E-state index in [0.717, 1.165) is 0 Å². The van der Waals surface area contributed by atoms with E-state index in [0.29, 0.717) is 43.6 Å². The van der Waals surface area contributed by atoms with Crippen LogP contribution in [-0.2, 0) is 4.74 Å². The van der Waals surface area contributed by atoms with Crippen molar-refractivity contribution >= 4 is 11.8 Å². The highest BCUT2D eigenvalue weighted by Gasteiger charge is 2.50. The molecule has 29 heavy (non-hydrogen) atoms. The van der Waals surface area contributed by atoms with Gasteiger partial charge >= 0.3 is 0 Å². The van der Waals surface area contributed by atoms with Crippen LogP contribution in [0.5, 0.6) is 0 Å². The van der Waals surface area contributed by atoms with Gasteiger partial charge in [0.1, 0.15) is 5.69 Å². The third kappa shape index (κ3) is 4.01. The summed E-state index contributed by atoms with van der Waals surface area (Å²) in [5, 5.41) is 20.5. The number of piperidine rings is 1. The van der Waals surface area contributed by atoms with E-state index in [-0.39, 0.29) is 18.4 Å². The minimum absolute atomic E-state index is 0.0811. The summed E-state index contributed by atoms with van der Waals surface area (Å²) < 4.78 is 6.17. The van der Waals surface area contributed by atoms with E-state index in [1.54, 1.807) is 48.6 Å². The number of aromatic amines is 1. The SMILES string of the molecule is C[C@]1(O)CC2(CCN(C(=O)c3ccn[nH]3)CC2)OC[C@@H]1NC(=O)c1ccncc1. The van der Waals surface area contributed by atoms with Crippen LogP contribution in [0.3, 0.4) is 0 Å². The third-order valence-corrected chi connectivity index (χ3v) is 5.93. The number of hydrogen-bond acceptors (Lipinski definition) is 6. The van der Waals surface area contributed by atoms with Gasteiger partial charge in [-0.15, -0.1) is 0 Å². The van der Waals surface area contributed by atoms with Crippen LogP contribution in [0.15, 0.2) is 36.8 Å². The van der Waals surface area contributed by atoms with Gasteiger partial charge < -0.3 is 20.1 Å². The zero-order valence-corrected chi connectivity index (χ0v) is 16.3. The maximum absolute atomic E-state index is 12.5. The lowest BCUT2D eigenvalue weighted by Gasteiger charge is -2.51. The second-order valence-electron chi connectivity index (χ2n) is 8.05. The largest absolute Gasteiger partial charge is 0.388 e. The number of rotatable bonds is 3. The van der Waals surface area contributed by atoms with Gasteiger partial charge in [0.05, 0.1) is 23.9 Å². The number of likely N-dealkylation sites (tertiary alicyclic amines) is 1. The Balaban J connectivity index is 1.37. The molecule has 2 saturated heterocycles. The second-order valence-corrected chi connectivity index (χ2v) is 8.05. The fourth-order valence-corrected chi connectivity index (χ4v) is 4.19. The number of ether oxygens (including phenoxy) is 1. The van der Waals surface area contributed by atoms with Gasteiger partial charge in [0.25, 0.3) is 11.8 Å². The highest BCUT2D eigenvalue weighted by Crippen LogP contribution is 2.39. The molecule has 4 heterocycles. The maximum Gasteiger partial charge on any atom is 0.271 e. The molecule has 154 valence electrons. The molecule has 2 aliphatic heterocycles. The summed E-state index contributed by atoms with van der Waals surface area (Å²) >= 11 is 0. The van der Waals surface area contributed by atoms with E-state index in [2.05, 4.69) is 20.5 Å². The van der Waals surface area contributed by atoms with Gasteiger partial charge in [-0.05, 0) is 38.0 Å². The van der Waals surface area contributed by atoms with E-state index < -0.39 is 17.2 Å². The molecule has 3 N–H and O–H groups in total. The molecule has 1 spiro atoms. The molecule has 0 aliphatic carbocycles. The lowest BCUT2D eigenvalue weighted by atomic mass is 9.75. The number of carbonyl (C=O) groups is 2. The minimum atomic E-state index is -1.11. The average molecular weight is 399 g/mol. The molecular weight excluding hydrogens is 374 g/mol. The van der Waals surface area contributed by atoms with Gasteiger partial charge in [-0.1, -0.05) is 0 Å². The molecule has 2 fully saturated rings. The van der Waals surface area contributed by atoms with Crippen molar-refractivity contribution in [2.75, 3.05) is 19.7 Å². The molecule has 0 aromatic carbocycles. The zero-order chi connectivity index (χ0) is 20.5. The number of aromatic nitrogens is 3. The van der Waals surface area contributed by atoms with Crippen LogP contribution < -0.4 is 5.32 Å². The molecular formula is C20H25N5O4. The van der Waals surface area contributed by atoms with Gasteiger partial charge in [0.2, 0.25) is 0 Å². The molecule has 9 heteroatoms. The van der Waals surface area contributed by atoms with Gasteiger partial charge in [-0.2, -0.15) is 5.10 Å². The third-order valence-electron chi connectivity index (χ3n) is 5.93. The number of carbonyl (C=O) groups excluding carboxylic acids is 2. The van der Waals surface area contributed by atoms with Crippen molar-refractivity contribution in [2.45, 2.75) is 43.4 Å². The summed E-state index contributed by atoms with van der Waals surface area (Å²) in [5.41, 5.74) is -0.652. The molecule has 0 unspecified atom stereocenters. The molecule has 4 rings (SSSR count). The Morgan fingerprint density at radius 1 is 1.24 bits per heavy atom. The predicted molar refractivity (Wildman–Crippen MR) is 103 cm³/mol. The van der Waals surface area contributed by atoms with Crippen LogP contribution in [0.2, 0.25) is 0 Å². The molecule has 0 saturated carbocycles. The number of amides is 2. The first-order valence-corrected chi connectivity index (χ1v) is 9.74. The Labute approximate surface area is 168 Å². The smallest absolute Gasteiger partial charge is 0.271 e. The number of nitrogens with zero attached hydrogens (tertiary/aromatic N) is 3. The zero-order valence-electron chi connectivity index (χ0n) is 16.3. The highest BCUT2D eigenvalue weighted by atomic mass is 16.5. The number of nitrogens with one attached hydrogen (secondary N) is 2. The van der Waals surface area contributed by atoms with Gasteiger partial charge in [0.15, 0.2) is 0 Å². The first-order chi connectivity index (χ1) is 13.9. The Morgan fingerprint density at radius 2 is 1.97 bits per heavy atom. The van der Waals surface area contributed by atoms with Crippen LogP contribution in [0.1, 0.15) is 47.0 Å². The summed E-state index contributed by atoms with van der Waals surface area (Å²) in [6.45, 7) is 3.04. The van der Waals surface area contributed by atoms with Crippen molar-refractivity contribution in [3.8, 4) is 0 Å². The van der Waals surface area contributed by atoms with E-state index in [4.69, 9.17) is 4.74 Å².